The Morgan fingerprint density at radius 3 is 2.65 bits per heavy atom. The average molecular weight is 245 g/mol. The minimum Gasteiger partial charge on any atom is -0.496 e. The lowest BCUT2D eigenvalue weighted by Crippen LogP contribution is -1.86. The fraction of sp³-hybridized carbons (Fsp3) is 0.0769. The zero-order valence-corrected chi connectivity index (χ0v) is 9.90. The second kappa shape index (κ2) is 6.37. The lowest BCUT2D eigenvalue weighted by molar-refractivity contribution is 0.414. The van der Waals surface area contributed by atoms with Crippen LogP contribution in [0.15, 0.2) is 35.9 Å². The first-order chi connectivity index (χ1) is 8.21. The summed E-state index contributed by atoms with van der Waals surface area (Å²) in [7, 11) is 1.56. The van der Waals surface area contributed by atoms with Gasteiger partial charge in [-0.25, -0.2) is 0 Å². The highest BCUT2D eigenvalue weighted by Gasteiger charge is 1.99. The van der Waals surface area contributed by atoms with Crippen LogP contribution < -0.4 is 4.74 Å². The van der Waals surface area contributed by atoms with Gasteiger partial charge in [0.05, 0.1) is 7.11 Å². The molecular weight excluding hydrogens is 236 g/mol. The van der Waals surface area contributed by atoms with Gasteiger partial charge in [-0.05, 0) is 24.3 Å². The predicted octanol–water partition coefficient (Wildman–Crippen LogP) is 3.34. The van der Waals surface area contributed by atoms with Gasteiger partial charge in [-0.1, -0.05) is 23.8 Å². The van der Waals surface area contributed by atoms with E-state index in [-0.39, 0.29) is 5.57 Å². The first-order valence-electron chi connectivity index (χ1n) is 4.73. The number of rotatable bonds is 3. The highest BCUT2D eigenvalue weighted by atomic mass is 35.5. The molecule has 0 spiro atoms. The molecule has 0 radical (unpaired) electrons. The van der Waals surface area contributed by atoms with Crippen LogP contribution in [0.5, 0.6) is 5.75 Å². The molecule has 0 saturated carbocycles. The maximum absolute atomic E-state index is 8.55. The number of benzene rings is 1. The number of ether oxygens (including phenoxy) is 1. The molecule has 0 aromatic heterocycles. The van der Waals surface area contributed by atoms with Crippen molar-refractivity contribution in [2.24, 2.45) is 0 Å². The van der Waals surface area contributed by atoms with Crippen molar-refractivity contribution < 1.29 is 4.74 Å². The minimum absolute atomic E-state index is 0.0437. The fourth-order valence-electron chi connectivity index (χ4n) is 1.18. The number of hydrogen-bond donors (Lipinski definition) is 0. The van der Waals surface area contributed by atoms with E-state index in [1.807, 2.05) is 0 Å². The largest absolute Gasteiger partial charge is 0.496 e. The Labute approximate surface area is 105 Å². The summed E-state index contributed by atoms with van der Waals surface area (Å²) in [6.07, 6.45) is 4.76. The van der Waals surface area contributed by atoms with Gasteiger partial charge >= 0.3 is 0 Å². The Morgan fingerprint density at radius 1 is 1.35 bits per heavy atom. The van der Waals surface area contributed by atoms with Gasteiger partial charge in [0.15, 0.2) is 0 Å². The van der Waals surface area contributed by atoms with Crippen molar-refractivity contribution in [3.63, 3.8) is 0 Å². The molecule has 1 rings (SSSR count). The van der Waals surface area contributed by atoms with E-state index < -0.39 is 0 Å². The standard InChI is InChI=1S/C13H9ClN2O/c1-17-13-6-5-12(14)7-11(13)4-2-3-10(8-15)9-16/h2-7H,1H3/b4-2-. The van der Waals surface area contributed by atoms with E-state index in [1.54, 1.807) is 49.6 Å². The van der Waals surface area contributed by atoms with Crippen LogP contribution in [0.3, 0.4) is 0 Å². The summed E-state index contributed by atoms with van der Waals surface area (Å²) >= 11 is 5.86. The maximum Gasteiger partial charge on any atom is 0.129 e. The van der Waals surface area contributed by atoms with Crippen LogP contribution in [0.4, 0.5) is 0 Å². The Hall–Kier alpha value is -2.23. The molecule has 0 atom stereocenters. The molecule has 0 aliphatic heterocycles. The van der Waals surface area contributed by atoms with Crippen molar-refractivity contribution in [1.82, 2.24) is 0 Å². The molecule has 3 nitrogen and oxygen atoms in total. The van der Waals surface area contributed by atoms with Crippen LogP contribution in [0.1, 0.15) is 5.56 Å². The molecule has 0 aliphatic rings. The molecule has 17 heavy (non-hydrogen) atoms. The Morgan fingerprint density at radius 2 is 2.06 bits per heavy atom. The Bertz CT molecular complexity index is 532. The Kier molecular flexibility index (Phi) is 4.81. The number of allylic oxidation sites excluding steroid dienone is 3. The SMILES string of the molecule is COc1ccc(Cl)cc1/C=C\C=C(C#N)C#N. The summed E-state index contributed by atoms with van der Waals surface area (Å²) < 4.78 is 5.15. The zero-order valence-electron chi connectivity index (χ0n) is 9.14. The molecule has 0 bridgehead atoms. The van der Waals surface area contributed by atoms with E-state index in [9.17, 15) is 0 Å². The number of nitrogens with zero attached hydrogens (tertiary/aromatic N) is 2. The molecule has 0 fully saturated rings. The minimum atomic E-state index is 0.0437. The van der Waals surface area contributed by atoms with Gasteiger partial charge < -0.3 is 4.74 Å². The highest BCUT2D eigenvalue weighted by molar-refractivity contribution is 6.30. The molecule has 4 heteroatoms. The monoisotopic (exact) mass is 244 g/mol. The fourth-order valence-corrected chi connectivity index (χ4v) is 1.36. The molecule has 0 saturated heterocycles. The van der Waals surface area contributed by atoms with E-state index >= 15 is 0 Å². The second-order valence-electron chi connectivity index (χ2n) is 3.05. The molecule has 84 valence electrons. The van der Waals surface area contributed by atoms with Crippen LogP contribution in [0.25, 0.3) is 6.08 Å². The molecule has 1 aromatic carbocycles. The van der Waals surface area contributed by atoms with E-state index in [2.05, 4.69) is 0 Å². The second-order valence-corrected chi connectivity index (χ2v) is 3.49. The summed E-state index contributed by atoms with van der Waals surface area (Å²) in [6.45, 7) is 0. The van der Waals surface area contributed by atoms with Crippen molar-refractivity contribution in [1.29, 1.82) is 10.5 Å². The van der Waals surface area contributed by atoms with E-state index in [4.69, 9.17) is 26.9 Å². The molecule has 0 aliphatic carbocycles. The third-order valence-corrected chi connectivity index (χ3v) is 2.21. The molecular formula is C13H9ClN2O. The third kappa shape index (κ3) is 3.68. The van der Waals surface area contributed by atoms with E-state index in [0.29, 0.717) is 10.8 Å². The number of methoxy groups -OCH3 is 1. The Balaban J connectivity index is 3.00. The van der Waals surface area contributed by atoms with Gasteiger partial charge in [-0.15, -0.1) is 0 Å². The van der Waals surface area contributed by atoms with Crippen molar-refractivity contribution in [3.8, 4) is 17.9 Å². The predicted molar refractivity (Wildman–Crippen MR) is 66.3 cm³/mol. The maximum atomic E-state index is 8.55. The number of hydrogen-bond acceptors (Lipinski definition) is 3. The lowest BCUT2D eigenvalue weighted by Gasteiger charge is -2.04. The van der Waals surface area contributed by atoms with Gasteiger partial charge in [-0.2, -0.15) is 10.5 Å². The van der Waals surface area contributed by atoms with Gasteiger partial charge in [0, 0.05) is 10.6 Å². The first-order valence-corrected chi connectivity index (χ1v) is 5.11. The number of halogens is 1. The molecule has 0 N–H and O–H groups in total. The summed E-state index contributed by atoms with van der Waals surface area (Å²) in [6, 6.07) is 8.76. The summed E-state index contributed by atoms with van der Waals surface area (Å²) in [5.41, 5.74) is 0.828. The van der Waals surface area contributed by atoms with E-state index in [0.717, 1.165) is 5.56 Å². The van der Waals surface area contributed by atoms with Crippen LogP contribution in [0, 0.1) is 22.7 Å². The quantitative estimate of drug-likeness (QED) is 0.605. The first kappa shape index (κ1) is 12.8. The highest BCUT2D eigenvalue weighted by Crippen LogP contribution is 2.23. The van der Waals surface area contributed by atoms with E-state index in [1.165, 1.54) is 6.08 Å². The zero-order chi connectivity index (χ0) is 12.7. The molecule has 0 amide bonds. The normalized spacial score (nSPS) is 9.41. The topological polar surface area (TPSA) is 56.8 Å². The lowest BCUT2D eigenvalue weighted by atomic mass is 10.1. The van der Waals surface area contributed by atoms with Crippen LogP contribution in [0.2, 0.25) is 5.02 Å². The van der Waals surface area contributed by atoms with Crippen molar-refractivity contribution >= 4 is 17.7 Å². The van der Waals surface area contributed by atoms with Gasteiger partial charge in [-0.3, -0.25) is 0 Å². The van der Waals surface area contributed by atoms with Crippen molar-refractivity contribution in [3.05, 3.63) is 46.5 Å². The average Bonchev–Trinajstić information content (AvgIpc) is 2.35. The van der Waals surface area contributed by atoms with Gasteiger partial charge in [0.25, 0.3) is 0 Å². The van der Waals surface area contributed by atoms with Crippen LogP contribution in [-0.2, 0) is 0 Å². The summed E-state index contributed by atoms with van der Waals surface area (Å²) in [5, 5.41) is 17.7. The summed E-state index contributed by atoms with van der Waals surface area (Å²) in [4.78, 5) is 0. The van der Waals surface area contributed by atoms with Crippen molar-refractivity contribution in [2.45, 2.75) is 0 Å². The third-order valence-electron chi connectivity index (χ3n) is 1.97. The molecule has 1 aromatic rings. The van der Waals surface area contributed by atoms with Gasteiger partial charge in [0.2, 0.25) is 0 Å². The molecule has 0 unspecified atom stereocenters. The number of nitriles is 2. The molecule has 0 heterocycles. The smallest absolute Gasteiger partial charge is 0.129 e. The van der Waals surface area contributed by atoms with Crippen LogP contribution >= 0.6 is 11.6 Å². The summed E-state index contributed by atoms with van der Waals surface area (Å²) in [5.74, 6) is 0.675. The van der Waals surface area contributed by atoms with Crippen LogP contribution in [-0.4, -0.2) is 7.11 Å². The van der Waals surface area contributed by atoms with Crippen molar-refractivity contribution in [2.75, 3.05) is 7.11 Å². The van der Waals surface area contributed by atoms with Gasteiger partial charge in [0.1, 0.15) is 23.5 Å².